The molecule has 0 amide bonds. The minimum Gasteiger partial charge on any atom is -0.486 e. The first-order valence-corrected chi connectivity index (χ1v) is 8.68. The number of nitrogen functional groups attached to an aromatic ring is 1. The summed E-state index contributed by atoms with van der Waals surface area (Å²) in [5.74, 6) is 0.0913. The summed E-state index contributed by atoms with van der Waals surface area (Å²) in [6.07, 6.45) is 0.643. The Labute approximate surface area is 159 Å². The highest BCUT2D eigenvalue weighted by atomic mass is 16.6. The van der Waals surface area contributed by atoms with Crippen LogP contribution in [0.5, 0.6) is 5.75 Å². The third kappa shape index (κ3) is 2.87. The van der Waals surface area contributed by atoms with E-state index in [4.69, 9.17) is 15.2 Å². The average Bonchev–Trinajstić information content (AvgIpc) is 3.29. The number of nitrogens with zero attached hydrogens (tertiary/aromatic N) is 4. The summed E-state index contributed by atoms with van der Waals surface area (Å²) in [5, 5.41) is 20.3. The fraction of sp³-hybridized carbons (Fsp3) is 0.333. The number of fused-ring (bicyclic) bond motifs is 1. The number of aromatic nitrogens is 4. The van der Waals surface area contributed by atoms with Gasteiger partial charge in [0, 0.05) is 6.42 Å². The van der Waals surface area contributed by atoms with Gasteiger partial charge in [-0.1, -0.05) is 18.2 Å². The zero-order valence-electron chi connectivity index (χ0n) is 14.8. The van der Waals surface area contributed by atoms with E-state index >= 15 is 0 Å². The number of para-hydroxylation sites is 1. The highest BCUT2D eigenvalue weighted by Gasteiger charge is 2.56. The number of anilines is 1. The van der Waals surface area contributed by atoms with Crippen molar-refractivity contribution in [3.63, 3.8) is 0 Å². The van der Waals surface area contributed by atoms with Crippen molar-refractivity contribution < 1.29 is 24.5 Å². The molecule has 0 bridgehead atoms. The third-order valence-corrected chi connectivity index (χ3v) is 4.72. The monoisotopic (exact) mass is 385 g/mol. The van der Waals surface area contributed by atoms with E-state index < -0.39 is 23.7 Å². The maximum absolute atomic E-state index is 13.2. The molecule has 3 atom stereocenters. The molecule has 3 aromatic rings. The number of imidazole rings is 1. The summed E-state index contributed by atoms with van der Waals surface area (Å²) in [4.78, 5) is 25.4. The molecule has 1 aliphatic rings. The van der Waals surface area contributed by atoms with Crippen molar-refractivity contribution in [3.8, 4) is 5.75 Å². The van der Waals surface area contributed by atoms with Crippen LogP contribution in [0.3, 0.4) is 0 Å². The van der Waals surface area contributed by atoms with Crippen LogP contribution in [0, 0.1) is 0 Å². The van der Waals surface area contributed by atoms with Crippen molar-refractivity contribution in [1.82, 2.24) is 19.5 Å². The molecule has 1 aliphatic heterocycles. The maximum atomic E-state index is 13.2. The summed E-state index contributed by atoms with van der Waals surface area (Å²) >= 11 is 0. The number of aliphatic hydroxyl groups excluding tert-OH is 2. The fourth-order valence-electron chi connectivity index (χ4n) is 3.37. The summed E-state index contributed by atoms with van der Waals surface area (Å²) in [6, 6.07) is 8.81. The van der Waals surface area contributed by atoms with Crippen molar-refractivity contribution in [1.29, 1.82) is 0 Å². The lowest BCUT2D eigenvalue weighted by molar-refractivity contribution is -0.175. The Bertz CT molecular complexity index is 994. The predicted molar refractivity (Wildman–Crippen MR) is 97.2 cm³/mol. The lowest BCUT2D eigenvalue weighted by atomic mass is 10.0. The number of Topliss-reactive ketones (excluding diaryl/α,β-unsaturated/α-hetero) is 1. The molecule has 3 heterocycles. The van der Waals surface area contributed by atoms with E-state index in [1.807, 2.05) is 6.07 Å². The van der Waals surface area contributed by atoms with Crippen molar-refractivity contribution >= 4 is 22.8 Å². The van der Waals surface area contributed by atoms with Crippen LogP contribution in [0.2, 0.25) is 0 Å². The van der Waals surface area contributed by atoms with Crippen LogP contribution in [-0.4, -0.2) is 60.9 Å². The molecule has 10 heteroatoms. The van der Waals surface area contributed by atoms with E-state index in [2.05, 4.69) is 15.0 Å². The van der Waals surface area contributed by atoms with Gasteiger partial charge in [0.25, 0.3) is 0 Å². The van der Waals surface area contributed by atoms with Crippen LogP contribution in [-0.2, 0) is 15.3 Å². The minimum atomic E-state index is -1.85. The first-order valence-electron chi connectivity index (χ1n) is 8.68. The van der Waals surface area contributed by atoms with E-state index in [-0.39, 0.29) is 36.6 Å². The van der Waals surface area contributed by atoms with Crippen LogP contribution < -0.4 is 10.5 Å². The van der Waals surface area contributed by atoms with E-state index in [1.54, 1.807) is 24.3 Å². The van der Waals surface area contributed by atoms with Crippen LogP contribution in [0.4, 0.5) is 5.82 Å². The highest BCUT2D eigenvalue weighted by molar-refractivity contribution is 5.90. The van der Waals surface area contributed by atoms with Crippen LogP contribution in [0.15, 0.2) is 43.0 Å². The summed E-state index contributed by atoms with van der Waals surface area (Å²) < 4.78 is 12.7. The van der Waals surface area contributed by atoms with E-state index in [0.717, 1.165) is 0 Å². The molecule has 4 rings (SSSR count). The number of ketones is 1. The van der Waals surface area contributed by atoms with E-state index in [1.165, 1.54) is 17.2 Å². The Morgan fingerprint density at radius 2 is 2.11 bits per heavy atom. The van der Waals surface area contributed by atoms with Gasteiger partial charge < -0.3 is 25.4 Å². The Hall–Kier alpha value is -3.08. The van der Waals surface area contributed by atoms with Gasteiger partial charge in [-0.2, -0.15) is 0 Å². The second-order valence-corrected chi connectivity index (χ2v) is 6.44. The standard InChI is InChI=1S/C18H19N5O5/c19-16-15-17(21-9-20-16)23(10-22-15)18(13(25)6-12(7-24)28-18)14(26)8-27-11-4-2-1-3-5-11/h1-5,9-10,12-13,24-25H,6-8H2,(H2,19,20,21)/t12-,13+,18-/m0/s1. The molecule has 10 nitrogen and oxygen atoms in total. The molecule has 0 aliphatic carbocycles. The number of carbonyl (C=O) groups is 1. The number of ether oxygens (including phenoxy) is 2. The molecular formula is C18H19N5O5. The quantitative estimate of drug-likeness (QED) is 0.527. The fourth-order valence-corrected chi connectivity index (χ4v) is 3.37. The Kier molecular flexibility index (Phi) is 4.67. The summed E-state index contributed by atoms with van der Waals surface area (Å²) in [7, 11) is 0. The molecule has 0 saturated carbocycles. The van der Waals surface area contributed by atoms with Gasteiger partial charge in [0.2, 0.25) is 11.5 Å². The van der Waals surface area contributed by atoms with Gasteiger partial charge in [0.05, 0.1) is 12.7 Å². The first-order chi connectivity index (χ1) is 13.6. The van der Waals surface area contributed by atoms with Crippen molar-refractivity contribution in [2.24, 2.45) is 0 Å². The molecule has 0 spiro atoms. The van der Waals surface area contributed by atoms with Crippen molar-refractivity contribution in [3.05, 3.63) is 43.0 Å². The molecule has 146 valence electrons. The molecule has 1 fully saturated rings. The number of hydrogen-bond acceptors (Lipinski definition) is 9. The maximum Gasteiger partial charge on any atom is 0.237 e. The Morgan fingerprint density at radius 3 is 2.82 bits per heavy atom. The molecule has 0 unspecified atom stereocenters. The normalized spacial score (nSPS) is 24.5. The molecule has 1 aromatic carbocycles. The Morgan fingerprint density at radius 1 is 1.32 bits per heavy atom. The second-order valence-electron chi connectivity index (χ2n) is 6.44. The number of nitrogens with two attached hydrogens (primary N) is 1. The van der Waals surface area contributed by atoms with Crippen LogP contribution in [0.25, 0.3) is 11.2 Å². The minimum absolute atomic E-state index is 0.0633. The summed E-state index contributed by atoms with van der Waals surface area (Å²) in [5.41, 5.74) is 4.49. The van der Waals surface area contributed by atoms with Gasteiger partial charge in [0.1, 0.15) is 30.0 Å². The van der Waals surface area contributed by atoms with Gasteiger partial charge in [0.15, 0.2) is 18.1 Å². The number of hydrogen-bond donors (Lipinski definition) is 3. The van der Waals surface area contributed by atoms with Gasteiger partial charge in [-0.25, -0.2) is 15.0 Å². The van der Waals surface area contributed by atoms with E-state index in [0.29, 0.717) is 5.75 Å². The number of aliphatic hydroxyl groups is 2. The molecular weight excluding hydrogens is 366 g/mol. The topological polar surface area (TPSA) is 146 Å². The third-order valence-electron chi connectivity index (χ3n) is 4.72. The number of benzene rings is 1. The molecule has 0 radical (unpaired) electrons. The van der Waals surface area contributed by atoms with E-state index in [9.17, 15) is 15.0 Å². The molecule has 28 heavy (non-hydrogen) atoms. The average molecular weight is 385 g/mol. The van der Waals surface area contributed by atoms with Crippen molar-refractivity contribution in [2.45, 2.75) is 24.4 Å². The van der Waals surface area contributed by atoms with Gasteiger partial charge in [-0.3, -0.25) is 9.36 Å². The molecule has 4 N–H and O–H groups in total. The Balaban J connectivity index is 1.74. The van der Waals surface area contributed by atoms with Crippen LogP contribution in [0.1, 0.15) is 6.42 Å². The van der Waals surface area contributed by atoms with Gasteiger partial charge >= 0.3 is 0 Å². The zero-order valence-corrected chi connectivity index (χ0v) is 14.8. The van der Waals surface area contributed by atoms with Gasteiger partial charge in [-0.05, 0) is 12.1 Å². The number of rotatable bonds is 6. The summed E-state index contributed by atoms with van der Waals surface area (Å²) in [6.45, 7) is -0.713. The van der Waals surface area contributed by atoms with Gasteiger partial charge in [-0.15, -0.1) is 0 Å². The van der Waals surface area contributed by atoms with Crippen LogP contribution >= 0.6 is 0 Å². The SMILES string of the molecule is Nc1ncnc2c1ncn2[C@]1(C(=O)COc2ccccc2)O[C@H](CO)C[C@H]1O. The zero-order chi connectivity index (χ0) is 19.7. The number of carbonyl (C=O) groups excluding carboxylic acids is 1. The second kappa shape index (κ2) is 7.15. The lowest BCUT2D eigenvalue weighted by Crippen LogP contribution is -2.51. The molecule has 1 saturated heterocycles. The molecule has 2 aromatic heterocycles. The smallest absolute Gasteiger partial charge is 0.237 e. The largest absolute Gasteiger partial charge is 0.486 e. The first kappa shape index (κ1) is 18.3. The highest BCUT2D eigenvalue weighted by Crippen LogP contribution is 2.38. The lowest BCUT2D eigenvalue weighted by Gasteiger charge is -2.32. The van der Waals surface area contributed by atoms with Crippen molar-refractivity contribution in [2.75, 3.05) is 18.9 Å². The predicted octanol–water partition coefficient (Wildman–Crippen LogP) is -0.149.